The lowest BCUT2D eigenvalue weighted by Crippen LogP contribution is -2.38. The molecule has 2 aromatic carbocycles. The maximum Gasteiger partial charge on any atom is 0.226 e. The van der Waals surface area contributed by atoms with Gasteiger partial charge in [-0.2, -0.15) is 0 Å². The number of hydrogen-bond acceptors (Lipinski definition) is 3. The van der Waals surface area contributed by atoms with Gasteiger partial charge in [0.25, 0.3) is 0 Å². The number of likely N-dealkylation sites (tertiary alicyclic amines) is 1. The van der Waals surface area contributed by atoms with Crippen molar-refractivity contribution >= 4 is 16.8 Å². The largest absolute Gasteiger partial charge is 0.497 e. The lowest BCUT2D eigenvalue weighted by molar-refractivity contribution is -0.131. The Hall–Kier alpha value is -2.95. The van der Waals surface area contributed by atoms with Crippen molar-refractivity contribution in [3.05, 3.63) is 59.8 Å². The molecule has 1 aromatic heterocycles. The van der Waals surface area contributed by atoms with E-state index in [0.29, 0.717) is 12.3 Å². The maximum atomic E-state index is 12.6. The molecular weight excluding hydrogens is 352 g/mol. The van der Waals surface area contributed by atoms with Gasteiger partial charge in [0.1, 0.15) is 11.5 Å². The number of rotatable bonds is 5. The summed E-state index contributed by atoms with van der Waals surface area (Å²) in [5.41, 5.74) is 3.41. The standard InChI is InChI=1S/C23H26N2O3/c1-27-19-5-3-16(4-6-19)13-23(26)25-11-9-17(10-12-25)22-15-18-14-20(28-2)7-8-21(18)24-22/h3-8,14-15,17,24H,9-13H2,1-2H3. The highest BCUT2D eigenvalue weighted by Crippen LogP contribution is 2.31. The third-order valence-electron chi connectivity index (χ3n) is 5.65. The second-order valence-electron chi connectivity index (χ2n) is 7.36. The van der Waals surface area contributed by atoms with Crippen LogP contribution in [0.2, 0.25) is 0 Å². The predicted octanol–water partition coefficient (Wildman–Crippen LogP) is 4.13. The van der Waals surface area contributed by atoms with E-state index < -0.39 is 0 Å². The van der Waals surface area contributed by atoms with Crippen LogP contribution in [0, 0.1) is 0 Å². The molecule has 28 heavy (non-hydrogen) atoms. The van der Waals surface area contributed by atoms with E-state index in [4.69, 9.17) is 9.47 Å². The van der Waals surface area contributed by atoms with Crippen LogP contribution in [0.5, 0.6) is 11.5 Å². The highest BCUT2D eigenvalue weighted by molar-refractivity contribution is 5.82. The van der Waals surface area contributed by atoms with Gasteiger partial charge < -0.3 is 19.4 Å². The van der Waals surface area contributed by atoms with Gasteiger partial charge in [0.15, 0.2) is 0 Å². The minimum Gasteiger partial charge on any atom is -0.497 e. The number of H-pyrrole nitrogens is 1. The van der Waals surface area contributed by atoms with Gasteiger partial charge in [0.05, 0.1) is 20.6 Å². The van der Waals surface area contributed by atoms with Crippen LogP contribution >= 0.6 is 0 Å². The van der Waals surface area contributed by atoms with E-state index >= 15 is 0 Å². The number of ether oxygens (including phenoxy) is 2. The van der Waals surface area contributed by atoms with Gasteiger partial charge in [-0.1, -0.05) is 12.1 Å². The van der Waals surface area contributed by atoms with Gasteiger partial charge in [0, 0.05) is 35.6 Å². The number of methoxy groups -OCH3 is 2. The van der Waals surface area contributed by atoms with Gasteiger partial charge in [-0.15, -0.1) is 0 Å². The minimum absolute atomic E-state index is 0.199. The van der Waals surface area contributed by atoms with Crippen molar-refractivity contribution in [1.82, 2.24) is 9.88 Å². The molecule has 1 amide bonds. The molecule has 4 rings (SSSR count). The fourth-order valence-corrected chi connectivity index (χ4v) is 3.95. The number of aromatic amines is 1. The van der Waals surface area contributed by atoms with Crippen molar-refractivity contribution in [2.45, 2.75) is 25.2 Å². The summed E-state index contributed by atoms with van der Waals surface area (Å²) in [6.07, 6.45) is 2.41. The second kappa shape index (κ2) is 7.97. The first kappa shape index (κ1) is 18.4. The summed E-state index contributed by atoms with van der Waals surface area (Å²) in [4.78, 5) is 18.2. The molecule has 0 atom stereocenters. The Morgan fingerprint density at radius 1 is 1.00 bits per heavy atom. The molecule has 1 N–H and O–H groups in total. The van der Waals surface area contributed by atoms with E-state index in [1.807, 2.05) is 35.2 Å². The van der Waals surface area contributed by atoms with Crippen LogP contribution in [0.15, 0.2) is 48.5 Å². The summed E-state index contributed by atoms with van der Waals surface area (Å²) in [5, 5.41) is 1.17. The zero-order valence-corrected chi connectivity index (χ0v) is 16.4. The van der Waals surface area contributed by atoms with Gasteiger partial charge in [-0.05, 0) is 54.8 Å². The summed E-state index contributed by atoms with van der Waals surface area (Å²) in [6.45, 7) is 1.61. The Labute approximate surface area is 165 Å². The topological polar surface area (TPSA) is 54.6 Å². The Morgan fingerprint density at radius 2 is 1.68 bits per heavy atom. The normalized spacial score (nSPS) is 15.0. The molecule has 0 spiro atoms. The van der Waals surface area contributed by atoms with Crippen LogP contribution in [0.1, 0.15) is 30.0 Å². The van der Waals surface area contributed by atoms with Crippen LogP contribution in [0.25, 0.3) is 10.9 Å². The van der Waals surface area contributed by atoms with Crippen LogP contribution in [-0.2, 0) is 11.2 Å². The van der Waals surface area contributed by atoms with Crippen LogP contribution in [0.4, 0.5) is 0 Å². The molecule has 146 valence electrons. The van der Waals surface area contributed by atoms with E-state index in [0.717, 1.165) is 48.5 Å². The van der Waals surface area contributed by atoms with Crippen molar-refractivity contribution in [1.29, 1.82) is 0 Å². The fourth-order valence-electron chi connectivity index (χ4n) is 3.95. The minimum atomic E-state index is 0.199. The zero-order chi connectivity index (χ0) is 19.5. The summed E-state index contributed by atoms with van der Waals surface area (Å²) in [6, 6.07) is 16.0. The molecule has 0 radical (unpaired) electrons. The first-order valence-electron chi connectivity index (χ1n) is 9.73. The summed E-state index contributed by atoms with van der Waals surface area (Å²) in [7, 11) is 3.33. The number of amides is 1. The van der Waals surface area contributed by atoms with Crippen LogP contribution in [0.3, 0.4) is 0 Å². The molecule has 1 fully saturated rings. The van der Waals surface area contributed by atoms with Crippen molar-refractivity contribution in [3.63, 3.8) is 0 Å². The highest BCUT2D eigenvalue weighted by atomic mass is 16.5. The average molecular weight is 378 g/mol. The van der Waals surface area contributed by atoms with E-state index in [1.54, 1.807) is 14.2 Å². The lowest BCUT2D eigenvalue weighted by Gasteiger charge is -2.31. The van der Waals surface area contributed by atoms with Crippen molar-refractivity contribution < 1.29 is 14.3 Å². The molecule has 2 heterocycles. The number of hydrogen-bond donors (Lipinski definition) is 1. The summed E-state index contributed by atoms with van der Waals surface area (Å²) in [5.74, 6) is 2.35. The molecule has 1 saturated heterocycles. The number of carbonyl (C=O) groups excluding carboxylic acids is 1. The predicted molar refractivity (Wildman–Crippen MR) is 110 cm³/mol. The van der Waals surface area contributed by atoms with Crippen molar-refractivity contribution in [3.8, 4) is 11.5 Å². The summed E-state index contributed by atoms with van der Waals surface area (Å²) >= 11 is 0. The highest BCUT2D eigenvalue weighted by Gasteiger charge is 2.25. The molecule has 0 saturated carbocycles. The van der Waals surface area contributed by atoms with E-state index in [-0.39, 0.29) is 5.91 Å². The van der Waals surface area contributed by atoms with Crippen LogP contribution in [-0.4, -0.2) is 43.1 Å². The zero-order valence-electron chi connectivity index (χ0n) is 16.4. The molecule has 5 nitrogen and oxygen atoms in total. The molecular formula is C23H26N2O3. The number of fused-ring (bicyclic) bond motifs is 1. The lowest BCUT2D eigenvalue weighted by atomic mass is 9.93. The Morgan fingerprint density at radius 3 is 2.36 bits per heavy atom. The van der Waals surface area contributed by atoms with Crippen molar-refractivity contribution in [2.24, 2.45) is 0 Å². The monoisotopic (exact) mass is 378 g/mol. The van der Waals surface area contributed by atoms with Gasteiger partial charge in [-0.3, -0.25) is 4.79 Å². The molecule has 1 aliphatic rings. The van der Waals surface area contributed by atoms with Gasteiger partial charge in [-0.25, -0.2) is 0 Å². The molecule has 1 aliphatic heterocycles. The number of carbonyl (C=O) groups is 1. The Kier molecular flexibility index (Phi) is 5.24. The van der Waals surface area contributed by atoms with Crippen LogP contribution < -0.4 is 9.47 Å². The maximum absolute atomic E-state index is 12.6. The van der Waals surface area contributed by atoms with E-state index in [1.165, 1.54) is 11.1 Å². The number of nitrogens with zero attached hydrogens (tertiary/aromatic N) is 1. The quantitative estimate of drug-likeness (QED) is 0.726. The first-order valence-corrected chi connectivity index (χ1v) is 9.73. The second-order valence-corrected chi connectivity index (χ2v) is 7.36. The fraction of sp³-hybridized carbons (Fsp3) is 0.348. The smallest absolute Gasteiger partial charge is 0.226 e. The SMILES string of the molecule is COc1ccc(CC(=O)N2CCC(c3cc4cc(OC)ccc4[nH]3)CC2)cc1. The Bertz CT molecular complexity index is 954. The van der Waals surface area contributed by atoms with Gasteiger partial charge >= 0.3 is 0 Å². The summed E-state index contributed by atoms with van der Waals surface area (Å²) < 4.78 is 10.5. The van der Waals surface area contributed by atoms with E-state index in [2.05, 4.69) is 23.2 Å². The molecule has 0 bridgehead atoms. The third-order valence-corrected chi connectivity index (χ3v) is 5.65. The Balaban J connectivity index is 1.36. The average Bonchev–Trinajstić information content (AvgIpc) is 3.17. The number of aromatic nitrogens is 1. The van der Waals surface area contributed by atoms with E-state index in [9.17, 15) is 4.79 Å². The first-order chi connectivity index (χ1) is 13.7. The van der Waals surface area contributed by atoms with Crippen molar-refractivity contribution in [2.75, 3.05) is 27.3 Å². The molecule has 0 unspecified atom stereocenters. The molecule has 0 aliphatic carbocycles. The van der Waals surface area contributed by atoms with Gasteiger partial charge in [0.2, 0.25) is 5.91 Å². The third kappa shape index (κ3) is 3.84. The molecule has 3 aromatic rings. The number of piperidine rings is 1. The number of nitrogens with one attached hydrogen (secondary N) is 1. The molecule has 5 heteroatoms. The number of benzene rings is 2.